The molecule has 27 heavy (non-hydrogen) atoms. The lowest BCUT2D eigenvalue weighted by Gasteiger charge is -2.21. The van der Waals surface area contributed by atoms with E-state index in [4.69, 9.17) is 4.74 Å². The molecule has 0 saturated carbocycles. The van der Waals surface area contributed by atoms with Crippen molar-refractivity contribution in [3.05, 3.63) is 59.7 Å². The van der Waals surface area contributed by atoms with Crippen LogP contribution in [0.2, 0.25) is 0 Å². The molecule has 0 saturated heterocycles. The third kappa shape index (κ3) is 5.73. The second-order valence-electron chi connectivity index (χ2n) is 5.78. The first-order valence-corrected chi connectivity index (χ1v) is 8.05. The van der Waals surface area contributed by atoms with Crippen LogP contribution in [0.4, 0.5) is 18.9 Å². The van der Waals surface area contributed by atoms with Crippen molar-refractivity contribution in [2.45, 2.75) is 19.6 Å². The topological polar surface area (TPSA) is 58.6 Å². The number of ether oxygens (including phenoxy) is 1. The summed E-state index contributed by atoms with van der Waals surface area (Å²) in [6, 6.07) is 11.3. The van der Waals surface area contributed by atoms with Gasteiger partial charge in [0.1, 0.15) is 12.3 Å². The van der Waals surface area contributed by atoms with Gasteiger partial charge < -0.3 is 15.0 Å². The lowest BCUT2D eigenvalue weighted by Crippen LogP contribution is -2.39. The van der Waals surface area contributed by atoms with Gasteiger partial charge in [0.25, 0.3) is 0 Å². The van der Waals surface area contributed by atoms with Crippen molar-refractivity contribution in [3.8, 4) is 5.75 Å². The molecule has 0 spiro atoms. The largest absolute Gasteiger partial charge is 0.497 e. The number of methoxy groups -OCH3 is 1. The Morgan fingerprint density at radius 1 is 1.11 bits per heavy atom. The normalized spacial score (nSPS) is 11.0. The van der Waals surface area contributed by atoms with Gasteiger partial charge >= 0.3 is 6.18 Å². The molecule has 2 rings (SSSR count). The zero-order chi connectivity index (χ0) is 20.0. The minimum Gasteiger partial charge on any atom is -0.497 e. The number of alkyl halides is 3. The van der Waals surface area contributed by atoms with E-state index >= 15 is 0 Å². The van der Waals surface area contributed by atoms with Crippen LogP contribution < -0.4 is 15.0 Å². The maximum Gasteiger partial charge on any atom is 0.416 e. The van der Waals surface area contributed by atoms with Crippen LogP contribution >= 0.6 is 0 Å². The number of amides is 2. The van der Waals surface area contributed by atoms with Gasteiger partial charge in [0, 0.05) is 19.2 Å². The van der Waals surface area contributed by atoms with Crippen molar-refractivity contribution >= 4 is 17.5 Å². The van der Waals surface area contributed by atoms with Crippen molar-refractivity contribution in [1.82, 2.24) is 5.32 Å². The van der Waals surface area contributed by atoms with Crippen LogP contribution in [-0.4, -0.2) is 25.5 Å². The van der Waals surface area contributed by atoms with E-state index in [-0.39, 0.29) is 18.8 Å². The lowest BCUT2D eigenvalue weighted by atomic mass is 10.1. The highest BCUT2D eigenvalue weighted by Crippen LogP contribution is 2.31. The molecule has 0 aromatic heterocycles. The number of rotatable bonds is 6. The molecular weight excluding hydrogens is 361 g/mol. The second-order valence-corrected chi connectivity index (χ2v) is 5.78. The van der Waals surface area contributed by atoms with E-state index in [1.807, 2.05) is 0 Å². The Hall–Kier alpha value is -3.03. The summed E-state index contributed by atoms with van der Waals surface area (Å²) in [5.74, 6) is -0.343. The van der Waals surface area contributed by atoms with Crippen molar-refractivity contribution < 1.29 is 27.5 Å². The highest BCUT2D eigenvalue weighted by Gasteiger charge is 2.31. The molecule has 0 aliphatic rings. The lowest BCUT2D eigenvalue weighted by molar-refractivity contribution is -0.137. The van der Waals surface area contributed by atoms with Gasteiger partial charge in [0.15, 0.2) is 0 Å². The fourth-order valence-corrected chi connectivity index (χ4v) is 2.38. The molecule has 2 aromatic carbocycles. The van der Waals surface area contributed by atoms with E-state index < -0.39 is 23.6 Å². The van der Waals surface area contributed by atoms with Crippen LogP contribution in [0.1, 0.15) is 18.1 Å². The molecule has 2 amide bonds. The maximum atomic E-state index is 12.9. The molecule has 0 radical (unpaired) electrons. The summed E-state index contributed by atoms with van der Waals surface area (Å²) in [5, 5.41) is 2.64. The van der Waals surface area contributed by atoms with Gasteiger partial charge in [0.05, 0.1) is 12.7 Å². The molecule has 8 heteroatoms. The number of anilines is 1. The maximum absolute atomic E-state index is 12.9. The van der Waals surface area contributed by atoms with Crippen molar-refractivity contribution in [3.63, 3.8) is 0 Å². The Kier molecular flexibility index (Phi) is 6.44. The summed E-state index contributed by atoms with van der Waals surface area (Å²) in [4.78, 5) is 25.0. The molecule has 0 unspecified atom stereocenters. The smallest absolute Gasteiger partial charge is 0.416 e. The van der Waals surface area contributed by atoms with Gasteiger partial charge in [-0.15, -0.1) is 0 Å². The third-order valence-electron chi connectivity index (χ3n) is 3.82. The molecule has 0 aliphatic heterocycles. The van der Waals surface area contributed by atoms with Gasteiger partial charge in [-0.25, -0.2) is 0 Å². The van der Waals surface area contributed by atoms with Crippen LogP contribution in [0.5, 0.6) is 5.75 Å². The van der Waals surface area contributed by atoms with Gasteiger partial charge in [-0.2, -0.15) is 13.2 Å². The van der Waals surface area contributed by atoms with Crippen LogP contribution in [0.25, 0.3) is 0 Å². The average Bonchev–Trinajstić information content (AvgIpc) is 2.64. The summed E-state index contributed by atoms with van der Waals surface area (Å²) < 4.78 is 43.6. The molecule has 0 fully saturated rings. The minimum absolute atomic E-state index is 0.0110. The standard InChI is InChI=1S/C19H19F3N2O3/c1-13(25)24(16-5-3-4-15(10-16)19(20,21)22)12-18(26)23-11-14-6-8-17(27-2)9-7-14/h3-10H,11-12H2,1-2H3,(H,23,26). The Morgan fingerprint density at radius 3 is 2.33 bits per heavy atom. The van der Waals surface area contributed by atoms with Gasteiger partial charge in [-0.1, -0.05) is 18.2 Å². The SMILES string of the molecule is COc1ccc(CNC(=O)CN(C(C)=O)c2cccc(C(F)(F)F)c2)cc1. The molecule has 1 N–H and O–H groups in total. The summed E-state index contributed by atoms with van der Waals surface area (Å²) in [6.07, 6.45) is -4.53. The van der Waals surface area contributed by atoms with Gasteiger partial charge in [0.2, 0.25) is 11.8 Å². The van der Waals surface area contributed by atoms with E-state index in [0.29, 0.717) is 5.75 Å². The Balaban J connectivity index is 2.05. The van der Waals surface area contributed by atoms with E-state index in [1.165, 1.54) is 19.1 Å². The molecule has 0 aliphatic carbocycles. The number of carbonyl (C=O) groups excluding carboxylic acids is 2. The van der Waals surface area contributed by atoms with Crippen molar-refractivity contribution in [2.75, 3.05) is 18.6 Å². The predicted octanol–water partition coefficient (Wildman–Crippen LogP) is 3.38. The number of benzene rings is 2. The summed E-state index contributed by atoms with van der Waals surface area (Å²) in [5.41, 5.74) is -0.0561. The molecule has 144 valence electrons. The Morgan fingerprint density at radius 2 is 1.78 bits per heavy atom. The molecule has 0 heterocycles. The number of nitrogens with one attached hydrogen (secondary N) is 1. The Labute approximate surface area is 154 Å². The predicted molar refractivity (Wildman–Crippen MR) is 94.3 cm³/mol. The van der Waals surface area contributed by atoms with Crippen molar-refractivity contribution in [1.29, 1.82) is 0 Å². The number of halogens is 3. The van der Waals surface area contributed by atoms with Crippen LogP contribution in [0.15, 0.2) is 48.5 Å². The summed E-state index contributed by atoms with van der Waals surface area (Å²) >= 11 is 0. The summed E-state index contributed by atoms with van der Waals surface area (Å²) in [7, 11) is 1.54. The first-order valence-electron chi connectivity index (χ1n) is 8.05. The van der Waals surface area contributed by atoms with Gasteiger partial charge in [-0.05, 0) is 35.9 Å². The monoisotopic (exact) mass is 380 g/mol. The van der Waals surface area contributed by atoms with Gasteiger partial charge in [-0.3, -0.25) is 9.59 Å². The summed E-state index contributed by atoms with van der Waals surface area (Å²) in [6.45, 7) is 1.03. The van der Waals surface area contributed by atoms with E-state index in [1.54, 1.807) is 31.4 Å². The minimum atomic E-state index is -4.53. The van der Waals surface area contributed by atoms with E-state index in [2.05, 4.69) is 5.32 Å². The fourth-order valence-electron chi connectivity index (χ4n) is 2.38. The van der Waals surface area contributed by atoms with E-state index in [0.717, 1.165) is 22.6 Å². The second kappa shape index (κ2) is 8.57. The number of hydrogen-bond donors (Lipinski definition) is 1. The molecule has 0 atom stereocenters. The van der Waals surface area contributed by atoms with Crippen LogP contribution in [0.3, 0.4) is 0 Å². The molecule has 5 nitrogen and oxygen atoms in total. The fraction of sp³-hybridized carbons (Fsp3) is 0.263. The first-order chi connectivity index (χ1) is 12.7. The zero-order valence-electron chi connectivity index (χ0n) is 14.8. The van der Waals surface area contributed by atoms with Crippen molar-refractivity contribution in [2.24, 2.45) is 0 Å². The first kappa shape index (κ1) is 20.3. The third-order valence-corrected chi connectivity index (χ3v) is 3.82. The number of hydrogen-bond acceptors (Lipinski definition) is 3. The number of nitrogens with zero attached hydrogens (tertiary/aromatic N) is 1. The van der Waals surface area contributed by atoms with Crippen LogP contribution in [-0.2, 0) is 22.3 Å². The molecule has 0 bridgehead atoms. The quantitative estimate of drug-likeness (QED) is 0.836. The highest BCUT2D eigenvalue weighted by molar-refractivity contribution is 5.97. The zero-order valence-corrected chi connectivity index (χ0v) is 14.8. The molecule has 2 aromatic rings. The number of carbonyl (C=O) groups is 2. The average molecular weight is 380 g/mol. The highest BCUT2D eigenvalue weighted by atomic mass is 19.4. The van der Waals surface area contributed by atoms with Crippen LogP contribution in [0, 0.1) is 0 Å². The Bertz CT molecular complexity index is 805. The molecular formula is C19H19F3N2O3. The van der Waals surface area contributed by atoms with E-state index in [9.17, 15) is 22.8 Å².